The van der Waals surface area contributed by atoms with Crippen molar-refractivity contribution in [3.05, 3.63) is 16.6 Å². The van der Waals surface area contributed by atoms with Gasteiger partial charge in [-0.15, -0.1) is 0 Å². The van der Waals surface area contributed by atoms with Crippen molar-refractivity contribution in [1.29, 1.82) is 0 Å². The molecule has 0 aromatic carbocycles. The number of hydrogen-bond donors (Lipinski definition) is 2. The summed E-state index contributed by atoms with van der Waals surface area (Å²) in [7, 11) is 0. The van der Waals surface area contributed by atoms with E-state index in [4.69, 9.17) is 5.11 Å². The number of rotatable bonds is 6. The molecule has 0 aliphatic heterocycles. The Hall–Kier alpha value is -1.43. The van der Waals surface area contributed by atoms with Crippen molar-refractivity contribution < 1.29 is 14.7 Å². The summed E-state index contributed by atoms with van der Waals surface area (Å²) in [6.45, 7) is 3.84. The molecule has 0 saturated carbocycles. The Morgan fingerprint density at radius 1 is 1.59 bits per heavy atom. The maximum Gasteiger partial charge on any atom is 0.308 e. The van der Waals surface area contributed by atoms with Crippen molar-refractivity contribution in [2.24, 2.45) is 5.92 Å². The molecule has 94 valence electrons. The summed E-state index contributed by atoms with van der Waals surface area (Å²) in [6.07, 6.45) is 1.35. The summed E-state index contributed by atoms with van der Waals surface area (Å²) in [6, 6.07) is 0. The Labute approximate surface area is 104 Å². The van der Waals surface area contributed by atoms with Gasteiger partial charge in [0.15, 0.2) is 0 Å². The van der Waals surface area contributed by atoms with E-state index < -0.39 is 11.9 Å². The first-order chi connectivity index (χ1) is 8.06. The van der Waals surface area contributed by atoms with Gasteiger partial charge in [-0.2, -0.15) is 4.37 Å². The summed E-state index contributed by atoms with van der Waals surface area (Å²) in [5, 5.41) is 13.2. The zero-order chi connectivity index (χ0) is 12.8. The number of aliphatic carboxylic acids is 1. The molecule has 0 fully saturated rings. The third-order valence-corrected chi connectivity index (χ3v) is 3.21. The van der Waals surface area contributed by atoms with E-state index in [1.807, 2.05) is 6.92 Å². The van der Waals surface area contributed by atoms with Gasteiger partial charge in [0.25, 0.3) is 5.91 Å². The molecular formula is C11H16N2O3S. The fourth-order valence-electron chi connectivity index (χ4n) is 1.48. The number of carbonyl (C=O) groups is 2. The molecular weight excluding hydrogens is 240 g/mol. The van der Waals surface area contributed by atoms with Crippen molar-refractivity contribution in [3.63, 3.8) is 0 Å². The molecule has 17 heavy (non-hydrogen) atoms. The van der Waals surface area contributed by atoms with Crippen LogP contribution in [0.1, 0.15) is 35.8 Å². The molecule has 6 heteroatoms. The molecule has 1 unspecified atom stereocenters. The minimum absolute atomic E-state index is 0.164. The summed E-state index contributed by atoms with van der Waals surface area (Å²) < 4.78 is 4.00. The number of nitrogens with one attached hydrogen (secondary N) is 1. The average molecular weight is 256 g/mol. The van der Waals surface area contributed by atoms with Crippen molar-refractivity contribution in [2.45, 2.75) is 26.7 Å². The SMILES string of the molecule is CCCC(CNC(=O)c1csnc1C)C(=O)O. The van der Waals surface area contributed by atoms with E-state index in [-0.39, 0.29) is 12.5 Å². The number of aromatic nitrogens is 1. The third kappa shape index (κ3) is 3.81. The lowest BCUT2D eigenvalue weighted by Gasteiger charge is -2.11. The zero-order valence-corrected chi connectivity index (χ0v) is 10.7. The number of carbonyl (C=O) groups excluding carboxylic acids is 1. The summed E-state index contributed by atoms with van der Waals surface area (Å²) in [5.41, 5.74) is 1.20. The van der Waals surface area contributed by atoms with Gasteiger partial charge in [0.1, 0.15) is 0 Å². The molecule has 1 rings (SSSR count). The first-order valence-corrected chi connectivity index (χ1v) is 6.31. The Morgan fingerprint density at radius 2 is 2.29 bits per heavy atom. The number of aryl methyl sites for hydroxylation is 1. The van der Waals surface area contributed by atoms with Gasteiger partial charge in [-0.25, -0.2) is 0 Å². The lowest BCUT2D eigenvalue weighted by molar-refractivity contribution is -0.141. The monoisotopic (exact) mass is 256 g/mol. The third-order valence-electron chi connectivity index (χ3n) is 2.49. The van der Waals surface area contributed by atoms with Gasteiger partial charge in [-0.05, 0) is 24.9 Å². The van der Waals surface area contributed by atoms with Crippen LogP contribution in [0, 0.1) is 12.8 Å². The first-order valence-electron chi connectivity index (χ1n) is 5.48. The Balaban J connectivity index is 2.52. The highest BCUT2D eigenvalue weighted by atomic mass is 32.1. The van der Waals surface area contributed by atoms with Crippen LogP contribution < -0.4 is 5.32 Å². The van der Waals surface area contributed by atoms with Crippen molar-refractivity contribution in [1.82, 2.24) is 9.69 Å². The number of amides is 1. The number of carboxylic acids is 1. The van der Waals surface area contributed by atoms with Crippen molar-refractivity contribution in [3.8, 4) is 0 Å². The van der Waals surface area contributed by atoms with Crippen molar-refractivity contribution >= 4 is 23.4 Å². The molecule has 0 aliphatic rings. The first kappa shape index (κ1) is 13.6. The lowest BCUT2D eigenvalue weighted by Crippen LogP contribution is -2.33. The van der Waals surface area contributed by atoms with Crippen LogP contribution in [-0.2, 0) is 4.79 Å². The molecule has 2 N–H and O–H groups in total. The number of carboxylic acid groups (broad SMARTS) is 1. The number of hydrogen-bond acceptors (Lipinski definition) is 4. The van der Waals surface area contributed by atoms with Crippen LogP contribution in [0.15, 0.2) is 5.38 Å². The van der Waals surface area contributed by atoms with Crippen LogP contribution in [-0.4, -0.2) is 27.9 Å². The average Bonchev–Trinajstić information content (AvgIpc) is 2.69. The van der Waals surface area contributed by atoms with Gasteiger partial charge < -0.3 is 10.4 Å². The normalized spacial score (nSPS) is 12.1. The van der Waals surface area contributed by atoms with E-state index in [1.165, 1.54) is 11.5 Å². The van der Waals surface area contributed by atoms with Crippen molar-refractivity contribution in [2.75, 3.05) is 6.54 Å². The van der Waals surface area contributed by atoms with E-state index in [0.717, 1.165) is 6.42 Å². The highest BCUT2D eigenvalue weighted by Gasteiger charge is 2.18. The molecule has 5 nitrogen and oxygen atoms in total. The van der Waals surface area contributed by atoms with Gasteiger partial charge in [0.05, 0.1) is 17.2 Å². The molecule has 1 amide bonds. The van der Waals surface area contributed by atoms with Crippen LogP contribution in [0.2, 0.25) is 0 Å². The minimum Gasteiger partial charge on any atom is -0.481 e. The fraction of sp³-hybridized carbons (Fsp3) is 0.545. The lowest BCUT2D eigenvalue weighted by atomic mass is 10.0. The Kier molecular flexibility index (Phi) is 5.09. The van der Waals surface area contributed by atoms with E-state index in [1.54, 1.807) is 12.3 Å². The molecule has 1 aromatic rings. The molecule has 1 heterocycles. The van der Waals surface area contributed by atoms with E-state index >= 15 is 0 Å². The largest absolute Gasteiger partial charge is 0.481 e. The quantitative estimate of drug-likeness (QED) is 0.811. The molecule has 1 aromatic heterocycles. The van der Waals surface area contributed by atoms with Crippen LogP contribution in [0.4, 0.5) is 0 Å². The smallest absolute Gasteiger partial charge is 0.308 e. The topological polar surface area (TPSA) is 79.3 Å². The van der Waals surface area contributed by atoms with Gasteiger partial charge in [-0.1, -0.05) is 13.3 Å². The maximum absolute atomic E-state index is 11.7. The van der Waals surface area contributed by atoms with Gasteiger partial charge in [-0.3, -0.25) is 9.59 Å². The van der Waals surface area contributed by atoms with Crippen LogP contribution in [0.3, 0.4) is 0 Å². The molecule has 0 spiro atoms. The Bertz CT molecular complexity index is 403. The van der Waals surface area contributed by atoms with Crippen LogP contribution in [0.25, 0.3) is 0 Å². The Morgan fingerprint density at radius 3 is 2.76 bits per heavy atom. The highest BCUT2D eigenvalue weighted by Crippen LogP contribution is 2.10. The predicted molar refractivity (Wildman–Crippen MR) is 65.2 cm³/mol. The van der Waals surface area contributed by atoms with Gasteiger partial charge >= 0.3 is 5.97 Å². The molecule has 0 radical (unpaired) electrons. The number of nitrogens with zero attached hydrogens (tertiary/aromatic N) is 1. The van der Waals surface area contributed by atoms with Gasteiger partial charge in [0, 0.05) is 11.9 Å². The molecule has 0 bridgehead atoms. The second-order valence-electron chi connectivity index (χ2n) is 3.85. The highest BCUT2D eigenvalue weighted by molar-refractivity contribution is 7.03. The second kappa shape index (κ2) is 6.34. The second-order valence-corrected chi connectivity index (χ2v) is 4.48. The zero-order valence-electron chi connectivity index (χ0n) is 9.90. The standard InChI is InChI=1S/C11H16N2O3S/c1-3-4-8(11(15)16)5-12-10(14)9-6-17-13-7(9)2/h6,8H,3-5H2,1-2H3,(H,12,14)(H,15,16). The van der Waals surface area contributed by atoms with E-state index in [2.05, 4.69) is 9.69 Å². The summed E-state index contributed by atoms with van der Waals surface area (Å²) in [4.78, 5) is 22.6. The van der Waals surface area contributed by atoms with E-state index in [0.29, 0.717) is 17.7 Å². The fourth-order valence-corrected chi connectivity index (χ4v) is 2.17. The van der Waals surface area contributed by atoms with Crippen LogP contribution >= 0.6 is 11.5 Å². The summed E-state index contributed by atoms with van der Waals surface area (Å²) >= 11 is 1.22. The molecule has 1 atom stereocenters. The van der Waals surface area contributed by atoms with Gasteiger partial charge in [0.2, 0.25) is 0 Å². The van der Waals surface area contributed by atoms with Crippen LogP contribution in [0.5, 0.6) is 0 Å². The maximum atomic E-state index is 11.7. The van der Waals surface area contributed by atoms with E-state index in [9.17, 15) is 9.59 Å². The predicted octanol–water partition coefficient (Wildman–Crippen LogP) is 1.68. The molecule has 0 saturated heterocycles. The molecule has 0 aliphatic carbocycles. The minimum atomic E-state index is -0.868. The summed E-state index contributed by atoms with van der Waals surface area (Å²) in [5.74, 6) is -1.64.